The van der Waals surface area contributed by atoms with Gasteiger partial charge in [0.05, 0.1) is 30.2 Å². The number of piperazine rings is 1. The predicted molar refractivity (Wildman–Crippen MR) is 222 cm³/mol. The fourth-order valence-corrected chi connectivity index (χ4v) is 10.4. The zero-order valence-electron chi connectivity index (χ0n) is 32.7. The Morgan fingerprint density at radius 1 is 0.690 bits per heavy atom. The molecule has 4 saturated heterocycles. The first-order valence-electron chi connectivity index (χ1n) is 20.7. The van der Waals surface area contributed by atoms with Crippen molar-refractivity contribution in [1.29, 1.82) is 0 Å². The second-order valence-electron chi connectivity index (χ2n) is 16.9. The Hall–Kier alpha value is -5.25. The molecule has 6 aliphatic rings. The lowest BCUT2D eigenvalue weighted by molar-refractivity contribution is -0.132. The average Bonchev–Trinajstić information content (AvgIpc) is 3.77. The molecule has 1 atom stereocenters. The normalized spacial score (nSPS) is 22.9. The van der Waals surface area contributed by atoms with Crippen molar-refractivity contribution in [1.82, 2.24) is 14.7 Å². The number of hydrogen-bond acceptors (Lipinski definition) is 9. The summed E-state index contributed by atoms with van der Waals surface area (Å²) < 4.78 is 0. The van der Waals surface area contributed by atoms with Gasteiger partial charge < -0.3 is 19.6 Å². The maximum Gasteiger partial charge on any atom is 0.262 e. The van der Waals surface area contributed by atoms with Crippen molar-refractivity contribution >= 4 is 63.6 Å². The van der Waals surface area contributed by atoms with Gasteiger partial charge >= 0.3 is 0 Å². The van der Waals surface area contributed by atoms with Crippen molar-refractivity contribution in [3.63, 3.8) is 0 Å². The lowest BCUT2D eigenvalue weighted by Crippen LogP contribution is -2.54. The lowest BCUT2D eigenvalue weighted by Gasteiger charge is -2.43. The van der Waals surface area contributed by atoms with Gasteiger partial charge in [-0.3, -0.25) is 33.8 Å². The van der Waals surface area contributed by atoms with Crippen LogP contribution in [0, 0.1) is 12.0 Å². The first-order valence-corrected chi connectivity index (χ1v) is 21.1. The van der Waals surface area contributed by atoms with E-state index in [0.29, 0.717) is 41.0 Å². The summed E-state index contributed by atoms with van der Waals surface area (Å²) in [6.45, 7) is 15.9. The number of piperidine rings is 2. The smallest absolute Gasteiger partial charge is 0.262 e. The lowest BCUT2D eigenvalue weighted by atomic mass is 9.77. The Morgan fingerprint density at radius 2 is 1.31 bits per heavy atom. The molecule has 3 amide bonds. The van der Waals surface area contributed by atoms with Crippen LogP contribution in [0.25, 0.3) is 4.85 Å². The van der Waals surface area contributed by atoms with Gasteiger partial charge in [0.25, 0.3) is 17.7 Å². The minimum absolute atomic E-state index is 0.0837. The van der Waals surface area contributed by atoms with E-state index in [0.717, 1.165) is 106 Å². The molecule has 3 aromatic carbocycles. The number of rotatable bonds is 6. The van der Waals surface area contributed by atoms with Gasteiger partial charge in [0, 0.05) is 106 Å². The summed E-state index contributed by atoms with van der Waals surface area (Å²) in [6.07, 6.45) is 5.48. The van der Waals surface area contributed by atoms with Gasteiger partial charge in [0.1, 0.15) is 5.78 Å². The molecule has 5 aliphatic heterocycles. The molecule has 0 bridgehead atoms. The van der Waals surface area contributed by atoms with E-state index < -0.39 is 17.9 Å². The van der Waals surface area contributed by atoms with E-state index in [-0.39, 0.29) is 42.2 Å². The van der Waals surface area contributed by atoms with Gasteiger partial charge in [-0.05, 0) is 98.5 Å². The molecule has 58 heavy (non-hydrogen) atoms. The van der Waals surface area contributed by atoms with Crippen LogP contribution in [0.4, 0.5) is 22.7 Å². The summed E-state index contributed by atoms with van der Waals surface area (Å²) in [5.74, 6) is -1.32. The van der Waals surface area contributed by atoms with Crippen LogP contribution >= 0.6 is 11.6 Å². The SMILES string of the molecule is [C-]#[N+]c1ccc(N2CCC3(CC2)CCN(c2ccc(C(=O)N4CCN(C5CCN(c6ccc7c(c6)C(=O)N(C6CCC(=O)CC6=O)C7=O)CC5)CC4)cc2)C3)cc1Cl. The number of ketones is 2. The topological polar surface area (TPSA) is 109 Å². The number of Topliss-reactive ketones (excluding diaryl/α,β-unsaturated/α-hetero) is 2. The third-order valence-corrected chi connectivity index (χ3v) is 14.1. The largest absolute Gasteiger partial charge is 0.372 e. The highest BCUT2D eigenvalue weighted by molar-refractivity contribution is 6.33. The Labute approximate surface area is 344 Å². The highest BCUT2D eigenvalue weighted by atomic mass is 35.5. The number of nitrogens with zero attached hydrogens (tertiary/aromatic N) is 7. The monoisotopic (exact) mass is 801 g/mol. The number of carbonyl (C=O) groups excluding carboxylic acids is 5. The maximum absolute atomic E-state index is 13.6. The first-order chi connectivity index (χ1) is 28.1. The minimum atomic E-state index is -0.866. The number of carbonyl (C=O) groups is 5. The van der Waals surface area contributed by atoms with Gasteiger partial charge in [-0.1, -0.05) is 17.7 Å². The summed E-state index contributed by atoms with van der Waals surface area (Å²) >= 11 is 6.33. The van der Waals surface area contributed by atoms with E-state index in [2.05, 4.69) is 36.6 Å². The molecule has 0 aromatic heterocycles. The fraction of sp³-hybridized carbons (Fsp3) is 0.467. The van der Waals surface area contributed by atoms with E-state index in [1.165, 1.54) is 5.69 Å². The predicted octanol–water partition coefficient (Wildman–Crippen LogP) is 6.10. The zero-order valence-corrected chi connectivity index (χ0v) is 33.5. The maximum atomic E-state index is 13.6. The Bertz CT molecular complexity index is 2200. The molecule has 300 valence electrons. The van der Waals surface area contributed by atoms with Crippen LogP contribution in [0.15, 0.2) is 60.7 Å². The third kappa shape index (κ3) is 7.13. The van der Waals surface area contributed by atoms with Crippen LogP contribution < -0.4 is 14.7 Å². The second kappa shape index (κ2) is 15.5. The van der Waals surface area contributed by atoms with E-state index in [1.807, 2.05) is 41.3 Å². The Morgan fingerprint density at radius 3 is 1.98 bits per heavy atom. The second-order valence-corrected chi connectivity index (χ2v) is 17.4. The van der Waals surface area contributed by atoms with Gasteiger partial charge in [0.15, 0.2) is 5.78 Å². The van der Waals surface area contributed by atoms with Crippen LogP contribution in [0.2, 0.25) is 5.02 Å². The summed E-state index contributed by atoms with van der Waals surface area (Å²) in [7, 11) is 0. The molecule has 0 N–H and O–H groups in total. The standard InChI is InChI=1S/C45H48ClN7O5/c1-47-39-10-7-34(27-38(39)46)49-19-14-45(15-20-49)16-21-52(29-45)31-4-2-30(3-5-31)42(56)51-24-22-50(23-25-51)32-12-17-48(18-13-32)33-6-9-36-37(26-33)44(58)53(43(36)57)40-11-8-35(54)28-41(40)55/h2-7,9-10,26-27,32,40H,8,11-25,28-29H2. The molecule has 3 aromatic rings. The molecule has 9 rings (SSSR count). The fourth-order valence-electron chi connectivity index (χ4n) is 10.2. The molecular weight excluding hydrogens is 754 g/mol. The van der Waals surface area contributed by atoms with Crippen molar-refractivity contribution in [2.75, 3.05) is 80.1 Å². The average molecular weight is 802 g/mol. The van der Waals surface area contributed by atoms with Crippen molar-refractivity contribution in [3.05, 3.63) is 93.8 Å². The molecule has 12 nitrogen and oxygen atoms in total. The number of benzene rings is 3. The molecule has 5 heterocycles. The van der Waals surface area contributed by atoms with Crippen LogP contribution in [0.5, 0.6) is 0 Å². The Kier molecular flexibility index (Phi) is 10.2. The van der Waals surface area contributed by atoms with Gasteiger partial charge in [0.2, 0.25) is 5.69 Å². The van der Waals surface area contributed by atoms with Crippen molar-refractivity contribution in [2.24, 2.45) is 5.41 Å². The number of anilines is 3. The number of amides is 3. The number of imide groups is 1. The van der Waals surface area contributed by atoms with Crippen LogP contribution in [0.3, 0.4) is 0 Å². The zero-order chi connectivity index (χ0) is 40.1. The summed E-state index contributed by atoms with van der Waals surface area (Å²) in [5.41, 5.74) is 5.31. The van der Waals surface area contributed by atoms with Gasteiger partial charge in [-0.15, -0.1) is 0 Å². The number of halogens is 1. The summed E-state index contributed by atoms with van der Waals surface area (Å²) in [4.78, 5) is 80.6. The molecule has 1 spiro atoms. The molecule has 1 aliphatic carbocycles. The summed E-state index contributed by atoms with van der Waals surface area (Å²) in [5, 5.41) is 0.513. The van der Waals surface area contributed by atoms with Crippen LogP contribution in [0.1, 0.15) is 82.4 Å². The van der Waals surface area contributed by atoms with Gasteiger partial charge in [-0.25, -0.2) is 4.85 Å². The molecule has 5 fully saturated rings. The van der Waals surface area contributed by atoms with Gasteiger partial charge in [-0.2, -0.15) is 0 Å². The molecular formula is C45H48ClN7O5. The van der Waals surface area contributed by atoms with Crippen molar-refractivity contribution in [2.45, 2.75) is 63.5 Å². The van der Waals surface area contributed by atoms with Crippen molar-refractivity contribution < 1.29 is 24.0 Å². The molecule has 1 unspecified atom stereocenters. The number of fused-ring (bicyclic) bond motifs is 1. The molecule has 13 heteroatoms. The number of hydrogen-bond donors (Lipinski definition) is 0. The van der Waals surface area contributed by atoms with Crippen LogP contribution in [-0.2, 0) is 9.59 Å². The first kappa shape index (κ1) is 38.3. The van der Waals surface area contributed by atoms with Crippen LogP contribution in [-0.4, -0.2) is 122 Å². The Balaban J connectivity index is 0.734. The quantitative estimate of drug-likeness (QED) is 0.166. The van der Waals surface area contributed by atoms with E-state index in [9.17, 15) is 24.0 Å². The summed E-state index contributed by atoms with van der Waals surface area (Å²) in [6, 6.07) is 18.8. The minimum Gasteiger partial charge on any atom is -0.372 e. The third-order valence-electron chi connectivity index (χ3n) is 13.8. The van der Waals surface area contributed by atoms with E-state index in [1.54, 1.807) is 12.1 Å². The van der Waals surface area contributed by atoms with E-state index >= 15 is 0 Å². The molecule has 1 saturated carbocycles. The molecule has 0 radical (unpaired) electrons. The highest BCUT2D eigenvalue weighted by Gasteiger charge is 2.45. The highest BCUT2D eigenvalue weighted by Crippen LogP contribution is 2.43. The van der Waals surface area contributed by atoms with E-state index in [4.69, 9.17) is 18.2 Å². The van der Waals surface area contributed by atoms with Crippen molar-refractivity contribution in [3.8, 4) is 0 Å².